The van der Waals surface area contributed by atoms with E-state index in [1.165, 1.54) is 83.5 Å². The molecule has 454 valence electrons. The monoisotopic (exact) mass is 1110 g/mol. The second-order valence-electron chi connectivity index (χ2n) is 21.6. The molecular formula is C67H114O12. The van der Waals surface area contributed by atoms with Crippen LogP contribution in [0.15, 0.2) is 72.9 Å². The highest BCUT2D eigenvalue weighted by Gasteiger charge is 2.50. The van der Waals surface area contributed by atoms with E-state index in [4.69, 9.17) is 23.7 Å². The summed E-state index contributed by atoms with van der Waals surface area (Å²) < 4.78 is 28.5. The molecule has 1 aliphatic heterocycles. The number of rotatable bonds is 54. The van der Waals surface area contributed by atoms with Crippen LogP contribution in [0.4, 0.5) is 0 Å². The molecule has 1 aliphatic rings. The molecule has 0 aromatic heterocycles. The van der Waals surface area contributed by atoms with Gasteiger partial charge in [0.2, 0.25) is 0 Å². The number of allylic oxidation sites excluding steroid dienone is 12. The number of hydrogen-bond acceptors (Lipinski definition) is 11. The van der Waals surface area contributed by atoms with Gasteiger partial charge in [-0.15, -0.1) is 0 Å². The summed E-state index contributed by atoms with van der Waals surface area (Å²) in [5.74, 6) is -3.13. The molecule has 6 unspecified atom stereocenters. The summed E-state index contributed by atoms with van der Waals surface area (Å²) in [6.07, 6.45) is 57.1. The predicted molar refractivity (Wildman–Crippen MR) is 322 cm³/mol. The lowest BCUT2D eigenvalue weighted by Gasteiger charge is -2.40. The zero-order valence-corrected chi connectivity index (χ0v) is 50.1. The fraction of sp³-hybridized carbons (Fsp3) is 0.761. The maximum absolute atomic E-state index is 13.2. The quantitative estimate of drug-likeness (QED) is 0.0228. The maximum Gasteiger partial charge on any atom is 0.335 e. The van der Waals surface area contributed by atoms with Crippen molar-refractivity contribution < 1.29 is 58.2 Å². The Morgan fingerprint density at radius 3 is 1.22 bits per heavy atom. The molecule has 3 N–H and O–H groups in total. The van der Waals surface area contributed by atoms with Gasteiger partial charge in [-0.25, -0.2) is 4.79 Å². The molecule has 0 amide bonds. The van der Waals surface area contributed by atoms with E-state index in [1.807, 2.05) is 0 Å². The number of carbonyl (C=O) groups excluding carboxylic acids is 3. The van der Waals surface area contributed by atoms with Gasteiger partial charge in [-0.3, -0.25) is 14.4 Å². The Bertz CT molecular complexity index is 1650. The summed E-state index contributed by atoms with van der Waals surface area (Å²) in [4.78, 5) is 51.3. The first-order chi connectivity index (χ1) is 38.6. The fourth-order valence-electron chi connectivity index (χ4n) is 9.46. The van der Waals surface area contributed by atoms with E-state index >= 15 is 0 Å². The molecule has 0 aliphatic carbocycles. The number of carbonyl (C=O) groups is 4. The summed E-state index contributed by atoms with van der Waals surface area (Å²) in [7, 11) is 0. The summed E-state index contributed by atoms with van der Waals surface area (Å²) in [6.45, 7) is 5.79. The van der Waals surface area contributed by atoms with Gasteiger partial charge in [0.25, 0.3) is 0 Å². The number of aliphatic hydroxyl groups is 2. The van der Waals surface area contributed by atoms with Crippen molar-refractivity contribution in [1.29, 1.82) is 0 Å². The Morgan fingerprint density at radius 1 is 0.430 bits per heavy atom. The number of carboxylic acids is 1. The van der Waals surface area contributed by atoms with E-state index in [9.17, 15) is 34.5 Å². The van der Waals surface area contributed by atoms with Crippen molar-refractivity contribution in [3.05, 3.63) is 72.9 Å². The minimum absolute atomic E-state index is 0.0479. The number of unbranched alkanes of at least 4 members (excludes halogenated alkanes) is 28. The van der Waals surface area contributed by atoms with Crippen LogP contribution < -0.4 is 0 Å². The van der Waals surface area contributed by atoms with Gasteiger partial charge < -0.3 is 39.0 Å². The van der Waals surface area contributed by atoms with Crippen LogP contribution in [-0.2, 0) is 42.9 Å². The average molecular weight is 1110 g/mol. The Hall–Kier alpha value is -3.84. The van der Waals surface area contributed by atoms with Crippen LogP contribution in [0.5, 0.6) is 0 Å². The molecule has 0 spiro atoms. The highest BCUT2D eigenvalue weighted by molar-refractivity contribution is 5.74. The molecule has 12 nitrogen and oxygen atoms in total. The summed E-state index contributed by atoms with van der Waals surface area (Å²) in [5.41, 5.74) is 0. The predicted octanol–water partition coefficient (Wildman–Crippen LogP) is 16.9. The zero-order valence-electron chi connectivity index (χ0n) is 50.1. The normalized spacial score (nSPS) is 18.3. The minimum Gasteiger partial charge on any atom is -0.479 e. The van der Waals surface area contributed by atoms with Crippen molar-refractivity contribution >= 4 is 23.9 Å². The first-order valence-electron chi connectivity index (χ1n) is 31.9. The molecule has 0 aromatic rings. The van der Waals surface area contributed by atoms with Gasteiger partial charge in [-0.2, -0.15) is 0 Å². The largest absolute Gasteiger partial charge is 0.479 e. The van der Waals surface area contributed by atoms with Gasteiger partial charge in [-0.1, -0.05) is 248 Å². The smallest absolute Gasteiger partial charge is 0.335 e. The molecule has 0 radical (unpaired) electrons. The van der Waals surface area contributed by atoms with E-state index in [-0.39, 0.29) is 25.9 Å². The van der Waals surface area contributed by atoms with Crippen LogP contribution >= 0.6 is 0 Å². The first-order valence-corrected chi connectivity index (χ1v) is 31.9. The Morgan fingerprint density at radius 2 is 0.797 bits per heavy atom. The van der Waals surface area contributed by atoms with Crippen LogP contribution in [0.2, 0.25) is 0 Å². The summed E-state index contributed by atoms with van der Waals surface area (Å²) in [5, 5.41) is 31.6. The Kier molecular flexibility index (Phi) is 50.7. The number of hydrogen-bond donors (Lipinski definition) is 3. The lowest BCUT2D eigenvalue weighted by molar-refractivity contribution is -0.301. The van der Waals surface area contributed by atoms with Gasteiger partial charge in [-0.05, 0) is 83.5 Å². The first kappa shape index (κ1) is 73.2. The van der Waals surface area contributed by atoms with E-state index in [0.29, 0.717) is 19.3 Å². The van der Waals surface area contributed by atoms with Gasteiger partial charge in [0, 0.05) is 19.3 Å². The highest BCUT2D eigenvalue weighted by atomic mass is 16.7. The standard InChI is InChI=1S/C67H114O12/c1-4-7-10-13-16-19-22-25-28-30-33-35-38-41-44-47-50-53-59(68)75-56-58(77-60(69)54-51-48-45-42-39-36-32-27-24-21-18-15-12-9-6-3)57-76-67-65(63(72)62(71)64(79-67)66(73)74)78-61(70)55-52-49-46-43-40-37-34-31-29-26-23-20-17-14-11-8-5-2/h7-8,10-11,16-17,19-20,25-26,28-29,58,62-65,67,71-72H,4-6,9,12-15,18,21-24,27,30-57H2,1-3H3,(H,73,74)/b10-7-,11-8-,19-16-,20-17-,28-25-,29-26-. The third kappa shape index (κ3) is 44.5. The molecule has 1 rings (SSSR count). The van der Waals surface area contributed by atoms with Gasteiger partial charge in [0.15, 0.2) is 24.6 Å². The molecule has 0 bridgehead atoms. The molecule has 12 heteroatoms. The van der Waals surface area contributed by atoms with Crippen LogP contribution in [0.3, 0.4) is 0 Å². The SMILES string of the molecule is CC/C=C\C/C=C\C/C=C\CCCCCCCCCC(=O)OCC(COC1OC(C(=O)O)C(O)C(O)C1OC(=O)CCCCCCCCC/C=C\C/C=C\C/C=C\CC)OC(=O)CCCCCCCCCCCCCCCCC. The topological polar surface area (TPSA) is 175 Å². The van der Waals surface area contributed by atoms with E-state index in [0.717, 1.165) is 135 Å². The van der Waals surface area contributed by atoms with Crippen LogP contribution in [0.25, 0.3) is 0 Å². The summed E-state index contributed by atoms with van der Waals surface area (Å²) >= 11 is 0. The lowest BCUT2D eigenvalue weighted by Crippen LogP contribution is -2.61. The van der Waals surface area contributed by atoms with E-state index in [2.05, 4.69) is 93.7 Å². The number of esters is 3. The third-order valence-corrected chi connectivity index (χ3v) is 14.3. The number of aliphatic carboxylic acids is 1. The van der Waals surface area contributed by atoms with Crippen molar-refractivity contribution in [1.82, 2.24) is 0 Å². The number of aliphatic hydroxyl groups excluding tert-OH is 2. The van der Waals surface area contributed by atoms with Crippen LogP contribution in [-0.4, -0.2) is 89.2 Å². The van der Waals surface area contributed by atoms with Crippen LogP contribution in [0.1, 0.15) is 278 Å². The van der Waals surface area contributed by atoms with Crippen molar-refractivity contribution in [3.8, 4) is 0 Å². The molecular weight excluding hydrogens is 997 g/mol. The van der Waals surface area contributed by atoms with Crippen molar-refractivity contribution in [3.63, 3.8) is 0 Å². The van der Waals surface area contributed by atoms with E-state index < -0.39 is 67.3 Å². The molecule has 1 fully saturated rings. The number of ether oxygens (including phenoxy) is 5. The molecule has 6 atom stereocenters. The third-order valence-electron chi connectivity index (χ3n) is 14.3. The second-order valence-corrected chi connectivity index (χ2v) is 21.6. The maximum atomic E-state index is 13.2. The highest BCUT2D eigenvalue weighted by Crippen LogP contribution is 2.27. The zero-order chi connectivity index (χ0) is 57.5. The molecule has 1 saturated heterocycles. The minimum atomic E-state index is -1.91. The molecule has 1 heterocycles. The molecule has 0 aromatic carbocycles. The number of carboxylic acid groups (broad SMARTS) is 1. The average Bonchev–Trinajstić information content (AvgIpc) is 3.47. The van der Waals surface area contributed by atoms with Crippen molar-refractivity contribution in [2.75, 3.05) is 13.2 Å². The van der Waals surface area contributed by atoms with E-state index in [1.54, 1.807) is 0 Å². The van der Waals surface area contributed by atoms with Crippen molar-refractivity contribution in [2.45, 2.75) is 314 Å². The van der Waals surface area contributed by atoms with Gasteiger partial charge in [0.1, 0.15) is 18.8 Å². The summed E-state index contributed by atoms with van der Waals surface area (Å²) in [6, 6.07) is 0. The van der Waals surface area contributed by atoms with Crippen molar-refractivity contribution in [2.24, 2.45) is 0 Å². The second kappa shape index (κ2) is 54.7. The lowest BCUT2D eigenvalue weighted by atomic mass is 9.98. The molecule has 0 saturated carbocycles. The molecule has 79 heavy (non-hydrogen) atoms. The Balaban J connectivity index is 2.67. The Labute approximate surface area is 480 Å². The van der Waals surface area contributed by atoms with Crippen LogP contribution in [0, 0.1) is 0 Å². The fourth-order valence-corrected chi connectivity index (χ4v) is 9.46. The van der Waals surface area contributed by atoms with Gasteiger partial charge in [0.05, 0.1) is 6.61 Å². The van der Waals surface area contributed by atoms with Gasteiger partial charge >= 0.3 is 23.9 Å².